The van der Waals surface area contributed by atoms with E-state index in [1.807, 2.05) is 6.92 Å². The van der Waals surface area contributed by atoms with Crippen LogP contribution in [0.5, 0.6) is 0 Å². The van der Waals surface area contributed by atoms with Crippen molar-refractivity contribution in [3.63, 3.8) is 0 Å². The number of nitrogens with two attached hydrogens (primary N) is 1. The van der Waals surface area contributed by atoms with E-state index in [-0.39, 0.29) is 12.1 Å². The molecule has 20 heavy (non-hydrogen) atoms. The third kappa shape index (κ3) is 4.22. The first kappa shape index (κ1) is 17.0. The first-order chi connectivity index (χ1) is 9.31. The molecule has 0 aromatic heterocycles. The molecule has 0 amide bonds. The highest BCUT2D eigenvalue weighted by Crippen LogP contribution is 2.19. The highest BCUT2D eigenvalue weighted by molar-refractivity contribution is 7.89. The highest BCUT2D eigenvalue weighted by Gasteiger charge is 2.23. The van der Waals surface area contributed by atoms with Crippen LogP contribution in [0.2, 0.25) is 0 Å². The van der Waals surface area contributed by atoms with Crippen molar-refractivity contribution in [2.45, 2.75) is 44.0 Å². The number of hydrogen-bond acceptors (Lipinski definition) is 3. The average Bonchev–Trinajstić information content (AvgIpc) is 2.38. The van der Waals surface area contributed by atoms with Crippen molar-refractivity contribution >= 4 is 10.0 Å². The van der Waals surface area contributed by atoms with Gasteiger partial charge in [-0.25, -0.2) is 21.9 Å². The molecule has 1 rings (SSSR count). The molecule has 3 N–H and O–H groups in total. The average molecular weight is 306 g/mol. The fourth-order valence-corrected chi connectivity index (χ4v) is 3.22. The van der Waals surface area contributed by atoms with Gasteiger partial charge in [-0.15, -0.1) is 0 Å². The van der Waals surface area contributed by atoms with E-state index >= 15 is 0 Å². The summed E-state index contributed by atoms with van der Waals surface area (Å²) in [7, 11) is -4.04. The lowest BCUT2D eigenvalue weighted by Gasteiger charge is -2.17. The van der Waals surface area contributed by atoms with Gasteiger partial charge in [0.15, 0.2) is 0 Å². The molecule has 1 atom stereocenters. The Kier molecular flexibility index (Phi) is 6.04. The van der Waals surface area contributed by atoms with E-state index in [1.54, 1.807) is 0 Å². The second kappa shape index (κ2) is 7.10. The molecule has 0 aliphatic rings. The summed E-state index contributed by atoms with van der Waals surface area (Å²) in [5.74, 6) is -1.88. The summed E-state index contributed by atoms with van der Waals surface area (Å²) in [5.41, 5.74) is 5.58. The van der Waals surface area contributed by atoms with Crippen molar-refractivity contribution in [2.75, 3.05) is 6.54 Å². The fourth-order valence-electron chi connectivity index (χ4n) is 1.80. The Bertz CT molecular complexity index is 562. The predicted molar refractivity (Wildman–Crippen MR) is 73.8 cm³/mol. The van der Waals surface area contributed by atoms with Crippen LogP contribution in [0.1, 0.15) is 31.7 Å². The van der Waals surface area contributed by atoms with Gasteiger partial charge in [-0.05, 0) is 25.0 Å². The van der Waals surface area contributed by atoms with Gasteiger partial charge in [0.2, 0.25) is 10.0 Å². The third-order valence-electron chi connectivity index (χ3n) is 3.02. The number of rotatable bonds is 7. The smallest absolute Gasteiger partial charge is 0.243 e. The Morgan fingerprint density at radius 1 is 1.30 bits per heavy atom. The number of hydrogen-bond donors (Lipinski definition) is 2. The van der Waals surface area contributed by atoms with Gasteiger partial charge in [-0.1, -0.05) is 19.8 Å². The van der Waals surface area contributed by atoms with Crippen molar-refractivity contribution in [2.24, 2.45) is 5.73 Å². The summed E-state index contributed by atoms with van der Waals surface area (Å²) in [5, 5.41) is 0. The number of nitrogens with one attached hydrogen (secondary N) is 1. The molecule has 1 unspecified atom stereocenters. The van der Waals surface area contributed by atoms with Crippen LogP contribution in [-0.4, -0.2) is 21.0 Å². The van der Waals surface area contributed by atoms with Gasteiger partial charge in [0.1, 0.15) is 16.5 Å². The van der Waals surface area contributed by atoms with Crippen LogP contribution < -0.4 is 10.5 Å². The predicted octanol–water partition coefficient (Wildman–Crippen LogP) is 2.07. The SMILES string of the molecule is CCCCC(CN)NS(=O)(=O)c1cc(C)c(F)cc1F. The minimum Gasteiger partial charge on any atom is -0.329 e. The molecule has 0 bridgehead atoms. The van der Waals surface area contributed by atoms with Gasteiger partial charge in [-0.3, -0.25) is 0 Å². The topological polar surface area (TPSA) is 72.2 Å². The van der Waals surface area contributed by atoms with Gasteiger partial charge in [0.05, 0.1) is 0 Å². The minimum atomic E-state index is -4.04. The third-order valence-corrected chi connectivity index (χ3v) is 4.55. The molecule has 1 aromatic carbocycles. The van der Waals surface area contributed by atoms with E-state index in [4.69, 9.17) is 5.73 Å². The summed E-state index contributed by atoms with van der Waals surface area (Å²) in [6, 6.07) is 1.11. The van der Waals surface area contributed by atoms with Crippen LogP contribution in [0.3, 0.4) is 0 Å². The molecule has 114 valence electrons. The van der Waals surface area contributed by atoms with Gasteiger partial charge in [0, 0.05) is 18.7 Å². The Labute approximate surface area is 118 Å². The van der Waals surface area contributed by atoms with Crippen molar-refractivity contribution in [3.8, 4) is 0 Å². The van der Waals surface area contributed by atoms with Gasteiger partial charge >= 0.3 is 0 Å². The molecule has 0 saturated carbocycles. The fraction of sp³-hybridized carbons (Fsp3) is 0.538. The molecular weight excluding hydrogens is 286 g/mol. The highest BCUT2D eigenvalue weighted by atomic mass is 32.2. The number of unbranched alkanes of at least 4 members (excludes halogenated alkanes) is 1. The van der Waals surface area contributed by atoms with Crippen LogP contribution in [0.4, 0.5) is 8.78 Å². The monoisotopic (exact) mass is 306 g/mol. The second-order valence-electron chi connectivity index (χ2n) is 4.73. The van der Waals surface area contributed by atoms with Gasteiger partial charge < -0.3 is 5.73 Å². The lowest BCUT2D eigenvalue weighted by Crippen LogP contribution is -2.40. The molecule has 7 heteroatoms. The zero-order chi connectivity index (χ0) is 15.3. The maximum absolute atomic E-state index is 13.6. The Morgan fingerprint density at radius 3 is 2.50 bits per heavy atom. The van der Waals surface area contributed by atoms with Gasteiger partial charge in [-0.2, -0.15) is 0 Å². The van der Waals surface area contributed by atoms with Crippen molar-refractivity contribution in [3.05, 3.63) is 29.3 Å². The van der Waals surface area contributed by atoms with Crippen LogP contribution in [0, 0.1) is 18.6 Å². The maximum atomic E-state index is 13.6. The van der Waals surface area contributed by atoms with Crippen LogP contribution in [-0.2, 0) is 10.0 Å². The van der Waals surface area contributed by atoms with E-state index in [0.29, 0.717) is 12.5 Å². The Hall–Kier alpha value is -1.05. The van der Waals surface area contributed by atoms with Crippen molar-refractivity contribution < 1.29 is 17.2 Å². The van der Waals surface area contributed by atoms with E-state index in [1.165, 1.54) is 6.92 Å². The molecule has 0 radical (unpaired) electrons. The largest absolute Gasteiger partial charge is 0.329 e. The second-order valence-corrected chi connectivity index (χ2v) is 6.41. The first-order valence-corrected chi connectivity index (χ1v) is 7.98. The van der Waals surface area contributed by atoms with E-state index in [9.17, 15) is 17.2 Å². The molecule has 0 heterocycles. The lowest BCUT2D eigenvalue weighted by atomic mass is 10.1. The quantitative estimate of drug-likeness (QED) is 0.810. The van der Waals surface area contributed by atoms with Crippen LogP contribution in [0.15, 0.2) is 17.0 Å². The summed E-state index contributed by atoms with van der Waals surface area (Å²) in [4.78, 5) is -0.550. The number of aryl methyl sites for hydroxylation is 1. The lowest BCUT2D eigenvalue weighted by molar-refractivity contribution is 0.506. The summed E-state index contributed by atoms with van der Waals surface area (Å²) in [6.45, 7) is 3.48. The summed E-state index contributed by atoms with van der Waals surface area (Å²) >= 11 is 0. The molecule has 0 spiro atoms. The zero-order valence-electron chi connectivity index (χ0n) is 11.6. The number of halogens is 2. The number of sulfonamides is 1. The van der Waals surface area contributed by atoms with Crippen LogP contribution >= 0.6 is 0 Å². The van der Waals surface area contributed by atoms with E-state index < -0.39 is 32.6 Å². The van der Waals surface area contributed by atoms with E-state index in [0.717, 1.165) is 18.9 Å². The summed E-state index contributed by atoms with van der Waals surface area (Å²) in [6.07, 6.45) is 2.30. The molecule has 0 aliphatic carbocycles. The summed E-state index contributed by atoms with van der Waals surface area (Å²) < 4.78 is 53.4. The molecule has 1 aromatic rings. The molecule has 0 aliphatic heterocycles. The number of benzene rings is 1. The van der Waals surface area contributed by atoms with Crippen molar-refractivity contribution in [1.82, 2.24) is 4.72 Å². The van der Waals surface area contributed by atoms with Crippen molar-refractivity contribution in [1.29, 1.82) is 0 Å². The van der Waals surface area contributed by atoms with E-state index in [2.05, 4.69) is 4.72 Å². The Balaban J connectivity index is 3.01. The maximum Gasteiger partial charge on any atom is 0.243 e. The molecule has 0 saturated heterocycles. The normalized spacial score (nSPS) is 13.4. The molecule has 4 nitrogen and oxygen atoms in total. The standard InChI is InChI=1S/C13H20F2N2O2S/c1-3-4-5-10(8-16)17-20(18,19)13-6-9(2)11(14)7-12(13)15/h6-7,10,17H,3-5,8,16H2,1-2H3. The minimum absolute atomic E-state index is 0.0737. The Morgan fingerprint density at radius 2 is 1.95 bits per heavy atom. The van der Waals surface area contributed by atoms with Gasteiger partial charge in [0.25, 0.3) is 0 Å². The van der Waals surface area contributed by atoms with Crippen LogP contribution in [0.25, 0.3) is 0 Å². The first-order valence-electron chi connectivity index (χ1n) is 6.49. The zero-order valence-corrected chi connectivity index (χ0v) is 12.4. The molecular formula is C13H20F2N2O2S. The molecule has 0 fully saturated rings.